The lowest BCUT2D eigenvalue weighted by Crippen LogP contribution is -2.50. The summed E-state index contributed by atoms with van der Waals surface area (Å²) in [4.78, 5) is 38.6. The summed E-state index contributed by atoms with van der Waals surface area (Å²) in [5.74, 6) is 0.717. The van der Waals surface area contributed by atoms with Crippen LogP contribution in [0.25, 0.3) is 0 Å². The lowest BCUT2D eigenvalue weighted by Gasteiger charge is -2.34. The normalized spacial score (nSPS) is 13.9. The smallest absolute Gasteiger partial charge is 0.409 e. The van der Waals surface area contributed by atoms with E-state index in [1.807, 2.05) is 30.1 Å². The Labute approximate surface area is 171 Å². The van der Waals surface area contributed by atoms with E-state index in [-0.39, 0.29) is 12.0 Å². The molecule has 0 saturated carbocycles. The maximum Gasteiger partial charge on any atom is 0.409 e. The molecule has 2 amide bonds. The first-order chi connectivity index (χ1) is 14.1. The second-order valence-corrected chi connectivity index (χ2v) is 6.91. The monoisotopic (exact) mass is 397 g/mol. The summed E-state index contributed by atoms with van der Waals surface area (Å²) < 4.78 is 5.02. The van der Waals surface area contributed by atoms with Crippen molar-refractivity contribution >= 4 is 17.8 Å². The molecule has 0 radical (unpaired) electrons. The number of carbonyl (C=O) groups excluding carboxylic acids is 2. The van der Waals surface area contributed by atoms with E-state index in [0.29, 0.717) is 38.3 Å². The number of piperazine rings is 1. The van der Waals surface area contributed by atoms with Gasteiger partial charge in [-0.05, 0) is 43.2 Å². The molecule has 0 bridgehead atoms. The van der Waals surface area contributed by atoms with E-state index in [4.69, 9.17) is 4.74 Å². The Morgan fingerprint density at radius 1 is 1.07 bits per heavy atom. The summed E-state index contributed by atoms with van der Waals surface area (Å²) in [7, 11) is 1.97. The van der Waals surface area contributed by atoms with Gasteiger partial charge in [-0.15, -0.1) is 0 Å². The standard InChI is InChI=1S/C21H27N5O3/c1-3-29-21(28)26-14-12-25(13-15-26)20(27)18-6-10-23-19(16-18)24(2)11-7-17-4-8-22-9-5-17/h4-6,8-10,16H,3,7,11-15H2,1-2H3. The van der Waals surface area contributed by atoms with Crippen molar-refractivity contribution in [3.8, 4) is 0 Å². The highest BCUT2D eigenvalue weighted by atomic mass is 16.6. The number of ether oxygens (including phenoxy) is 1. The van der Waals surface area contributed by atoms with Gasteiger partial charge in [0.05, 0.1) is 6.61 Å². The topological polar surface area (TPSA) is 78.9 Å². The number of pyridine rings is 2. The van der Waals surface area contributed by atoms with Gasteiger partial charge in [0.25, 0.3) is 5.91 Å². The van der Waals surface area contributed by atoms with E-state index in [1.54, 1.807) is 41.4 Å². The zero-order valence-electron chi connectivity index (χ0n) is 17.0. The average molecular weight is 397 g/mol. The van der Waals surface area contributed by atoms with Crippen LogP contribution in [-0.4, -0.2) is 78.1 Å². The predicted molar refractivity (Wildman–Crippen MR) is 110 cm³/mol. The van der Waals surface area contributed by atoms with Crippen LogP contribution in [0, 0.1) is 0 Å². The number of hydrogen-bond donors (Lipinski definition) is 0. The number of aromatic nitrogens is 2. The number of anilines is 1. The molecule has 29 heavy (non-hydrogen) atoms. The summed E-state index contributed by atoms with van der Waals surface area (Å²) in [5, 5.41) is 0. The number of hydrogen-bond acceptors (Lipinski definition) is 6. The molecule has 1 aliphatic heterocycles. The van der Waals surface area contributed by atoms with Crippen molar-refractivity contribution in [1.82, 2.24) is 19.8 Å². The van der Waals surface area contributed by atoms with Gasteiger partial charge in [-0.2, -0.15) is 0 Å². The molecule has 0 aliphatic carbocycles. The molecule has 3 heterocycles. The van der Waals surface area contributed by atoms with Crippen LogP contribution < -0.4 is 4.90 Å². The van der Waals surface area contributed by atoms with Gasteiger partial charge in [0, 0.05) is 63.9 Å². The molecule has 1 fully saturated rings. The van der Waals surface area contributed by atoms with Gasteiger partial charge in [-0.3, -0.25) is 9.78 Å². The van der Waals surface area contributed by atoms with Gasteiger partial charge in [-0.25, -0.2) is 9.78 Å². The average Bonchev–Trinajstić information content (AvgIpc) is 2.78. The molecule has 8 nitrogen and oxygen atoms in total. The molecule has 1 saturated heterocycles. The number of rotatable bonds is 6. The van der Waals surface area contributed by atoms with Crippen LogP contribution >= 0.6 is 0 Å². The number of amides is 2. The highest BCUT2D eigenvalue weighted by Gasteiger charge is 2.25. The predicted octanol–water partition coefficient (Wildman–Crippen LogP) is 2.07. The zero-order chi connectivity index (χ0) is 20.6. The zero-order valence-corrected chi connectivity index (χ0v) is 17.0. The van der Waals surface area contributed by atoms with E-state index < -0.39 is 0 Å². The first-order valence-corrected chi connectivity index (χ1v) is 9.85. The van der Waals surface area contributed by atoms with E-state index in [2.05, 4.69) is 9.97 Å². The number of carbonyl (C=O) groups is 2. The first kappa shape index (κ1) is 20.6. The summed E-state index contributed by atoms with van der Waals surface area (Å²) in [6, 6.07) is 7.56. The van der Waals surface area contributed by atoms with Crippen LogP contribution in [-0.2, 0) is 11.2 Å². The van der Waals surface area contributed by atoms with Crippen molar-refractivity contribution in [2.75, 3.05) is 51.3 Å². The molecule has 2 aromatic rings. The molecule has 3 rings (SSSR count). The molecule has 154 valence electrons. The van der Waals surface area contributed by atoms with Crippen molar-refractivity contribution in [3.63, 3.8) is 0 Å². The highest BCUT2D eigenvalue weighted by Crippen LogP contribution is 2.15. The molecule has 0 atom stereocenters. The maximum absolute atomic E-state index is 12.9. The van der Waals surface area contributed by atoms with Crippen molar-refractivity contribution < 1.29 is 14.3 Å². The SMILES string of the molecule is CCOC(=O)N1CCN(C(=O)c2ccnc(N(C)CCc3ccncc3)c2)CC1. The van der Waals surface area contributed by atoms with Gasteiger partial charge in [0.1, 0.15) is 5.82 Å². The van der Waals surface area contributed by atoms with E-state index in [0.717, 1.165) is 18.8 Å². The second kappa shape index (κ2) is 9.86. The fraction of sp³-hybridized carbons (Fsp3) is 0.429. The minimum absolute atomic E-state index is 0.0420. The van der Waals surface area contributed by atoms with Crippen LogP contribution in [0.4, 0.5) is 10.6 Å². The van der Waals surface area contributed by atoms with Crippen LogP contribution in [0.3, 0.4) is 0 Å². The van der Waals surface area contributed by atoms with Crippen molar-refractivity contribution in [3.05, 3.63) is 54.0 Å². The Balaban J connectivity index is 1.57. The quantitative estimate of drug-likeness (QED) is 0.743. The molecule has 0 aromatic carbocycles. The first-order valence-electron chi connectivity index (χ1n) is 9.85. The van der Waals surface area contributed by atoms with Crippen LogP contribution in [0.2, 0.25) is 0 Å². The van der Waals surface area contributed by atoms with Crippen molar-refractivity contribution in [1.29, 1.82) is 0 Å². The number of nitrogens with zero attached hydrogens (tertiary/aromatic N) is 5. The fourth-order valence-electron chi connectivity index (χ4n) is 3.21. The Kier molecular flexibility index (Phi) is 6.99. The summed E-state index contributed by atoms with van der Waals surface area (Å²) >= 11 is 0. The fourth-order valence-corrected chi connectivity index (χ4v) is 3.21. The highest BCUT2D eigenvalue weighted by molar-refractivity contribution is 5.95. The molecule has 0 N–H and O–H groups in total. The molecule has 0 spiro atoms. The van der Waals surface area contributed by atoms with E-state index in [1.165, 1.54) is 5.56 Å². The minimum atomic E-state index is -0.318. The van der Waals surface area contributed by atoms with Gasteiger partial charge < -0.3 is 19.4 Å². The Bertz CT molecular complexity index is 822. The molecule has 1 aliphatic rings. The number of likely N-dealkylation sites (N-methyl/N-ethyl adjacent to an activating group) is 1. The van der Waals surface area contributed by atoms with E-state index in [9.17, 15) is 9.59 Å². The summed E-state index contributed by atoms with van der Waals surface area (Å²) in [6.45, 7) is 4.87. The Morgan fingerprint density at radius 3 is 2.45 bits per heavy atom. The molecule has 8 heteroatoms. The van der Waals surface area contributed by atoms with Gasteiger partial charge in [0.15, 0.2) is 0 Å². The minimum Gasteiger partial charge on any atom is -0.450 e. The maximum atomic E-state index is 12.9. The van der Waals surface area contributed by atoms with E-state index >= 15 is 0 Å². The second-order valence-electron chi connectivity index (χ2n) is 6.91. The van der Waals surface area contributed by atoms with Crippen LogP contribution in [0.1, 0.15) is 22.8 Å². The Hall–Kier alpha value is -3.16. The third-order valence-corrected chi connectivity index (χ3v) is 4.96. The van der Waals surface area contributed by atoms with Crippen molar-refractivity contribution in [2.24, 2.45) is 0 Å². The summed E-state index contributed by atoms with van der Waals surface area (Å²) in [5.41, 5.74) is 1.81. The van der Waals surface area contributed by atoms with Crippen LogP contribution in [0.15, 0.2) is 42.9 Å². The third-order valence-electron chi connectivity index (χ3n) is 4.96. The summed E-state index contributed by atoms with van der Waals surface area (Å²) in [6.07, 6.45) is 5.79. The molecular formula is C21H27N5O3. The van der Waals surface area contributed by atoms with Gasteiger partial charge >= 0.3 is 6.09 Å². The van der Waals surface area contributed by atoms with Crippen LogP contribution in [0.5, 0.6) is 0 Å². The molecular weight excluding hydrogens is 370 g/mol. The Morgan fingerprint density at radius 2 is 1.76 bits per heavy atom. The van der Waals surface area contributed by atoms with Gasteiger partial charge in [0.2, 0.25) is 0 Å². The third kappa shape index (κ3) is 5.43. The molecule has 0 unspecified atom stereocenters. The van der Waals surface area contributed by atoms with Gasteiger partial charge in [-0.1, -0.05) is 0 Å². The largest absolute Gasteiger partial charge is 0.450 e. The lowest BCUT2D eigenvalue weighted by molar-refractivity contribution is 0.0570. The lowest BCUT2D eigenvalue weighted by atomic mass is 10.2. The molecule has 2 aromatic heterocycles. The van der Waals surface area contributed by atoms with Crippen molar-refractivity contribution in [2.45, 2.75) is 13.3 Å².